The second-order valence-corrected chi connectivity index (χ2v) is 13.0. The Morgan fingerprint density at radius 3 is 2.23 bits per heavy atom. The highest BCUT2D eigenvalue weighted by Gasteiger charge is 2.56. The predicted molar refractivity (Wildman–Crippen MR) is 180 cm³/mol. The van der Waals surface area contributed by atoms with Gasteiger partial charge < -0.3 is 25.4 Å². The molecular formula is C33H29N5O8S2. The summed E-state index contributed by atoms with van der Waals surface area (Å²) in [5.41, 5.74) is 5.27. The molecule has 15 heteroatoms. The summed E-state index contributed by atoms with van der Waals surface area (Å²) in [7, 11) is 1.26. The molecule has 13 nitrogen and oxygen atoms in total. The standard InChI is InChI=1S/C33H29N5O8S2/c1-16(2)45-28-21(25(39)26(28)40)19-14-47-31-23(36-29(41)22(37-44-3)20-15-48-33(34)35-20)30(42)38(31)24(19)32(43)46-27(17-10-6-4-7-11-17)18-12-8-5-9-13-18/h4-13,15-16,23,27,31H,14H2,1-3H3,(H2,34,35)(H,36,41)/b37-22-/t23?,31-/m1/s1. The summed E-state index contributed by atoms with van der Waals surface area (Å²) in [4.78, 5) is 77.1. The van der Waals surface area contributed by atoms with Gasteiger partial charge >= 0.3 is 5.97 Å². The maximum absolute atomic E-state index is 14.3. The summed E-state index contributed by atoms with van der Waals surface area (Å²) in [5, 5.41) is 7.41. The molecule has 1 unspecified atom stereocenters. The summed E-state index contributed by atoms with van der Waals surface area (Å²) in [6.07, 6.45) is -1.31. The van der Waals surface area contributed by atoms with E-state index in [1.807, 2.05) is 36.4 Å². The van der Waals surface area contributed by atoms with Crippen LogP contribution in [0.3, 0.4) is 0 Å². The molecule has 1 aromatic heterocycles. The van der Waals surface area contributed by atoms with Crippen molar-refractivity contribution in [2.24, 2.45) is 5.16 Å². The average Bonchev–Trinajstić information content (AvgIpc) is 3.53. The van der Waals surface area contributed by atoms with Crippen molar-refractivity contribution in [3.63, 3.8) is 0 Å². The molecule has 0 radical (unpaired) electrons. The van der Waals surface area contributed by atoms with Gasteiger partial charge in [0.1, 0.15) is 29.9 Å². The number of nitrogens with one attached hydrogen (secondary N) is 1. The zero-order chi connectivity index (χ0) is 34.1. The van der Waals surface area contributed by atoms with Crippen LogP contribution in [-0.4, -0.2) is 63.8 Å². The number of amides is 2. The van der Waals surface area contributed by atoms with Crippen LogP contribution < -0.4 is 26.6 Å². The zero-order valence-corrected chi connectivity index (χ0v) is 27.5. The Morgan fingerprint density at radius 2 is 1.67 bits per heavy atom. The Labute approximate surface area is 282 Å². The van der Waals surface area contributed by atoms with E-state index in [1.54, 1.807) is 38.1 Å². The second kappa shape index (κ2) is 13.4. The molecule has 2 aliphatic heterocycles. The molecule has 4 aromatic rings. The van der Waals surface area contributed by atoms with E-state index in [1.165, 1.54) is 29.2 Å². The molecule has 2 amide bonds. The van der Waals surface area contributed by atoms with Gasteiger partial charge in [-0.3, -0.25) is 24.1 Å². The van der Waals surface area contributed by atoms with Crippen LogP contribution in [0.2, 0.25) is 0 Å². The topological polar surface area (TPSA) is 180 Å². The number of fused-ring (bicyclic) bond motifs is 1. The quantitative estimate of drug-likeness (QED) is 0.0778. The van der Waals surface area contributed by atoms with Crippen molar-refractivity contribution in [3.8, 4) is 5.75 Å². The minimum Gasteiger partial charge on any atom is -0.486 e. The molecule has 3 N–H and O–H groups in total. The van der Waals surface area contributed by atoms with Crippen LogP contribution in [-0.2, 0) is 24.0 Å². The molecule has 2 atom stereocenters. The van der Waals surface area contributed by atoms with Crippen LogP contribution in [0.1, 0.15) is 42.3 Å². The summed E-state index contributed by atoms with van der Waals surface area (Å²) in [6.45, 7) is 3.40. The smallest absolute Gasteiger partial charge is 0.356 e. The zero-order valence-electron chi connectivity index (χ0n) is 25.9. The fourth-order valence-corrected chi connectivity index (χ4v) is 7.34. The van der Waals surface area contributed by atoms with Crippen LogP contribution in [0.4, 0.5) is 5.13 Å². The van der Waals surface area contributed by atoms with E-state index in [4.69, 9.17) is 20.0 Å². The average molecular weight is 688 g/mol. The summed E-state index contributed by atoms with van der Waals surface area (Å²) in [5.74, 6) is -2.41. The number of anilines is 1. The van der Waals surface area contributed by atoms with Crippen LogP contribution >= 0.6 is 23.1 Å². The van der Waals surface area contributed by atoms with Gasteiger partial charge in [-0.1, -0.05) is 65.8 Å². The summed E-state index contributed by atoms with van der Waals surface area (Å²) < 4.78 is 11.8. The number of esters is 1. The van der Waals surface area contributed by atoms with Crippen molar-refractivity contribution in [2.75, 3.05) is 18.6 Å². The fraction of sp³-hybridized carbons (Fsp3) is 0.242. The van der Waals surface area contributed by atoms with E-state index < -0.39 is 52.3 Å². The lowest BCUT2D eigenvalue weighted by molar-refractivity contribution is -0.154. The van der Waals surface area contributed by atoms with E-state index >= 15 is 0 Å². The third kappa shape index (κ3) is 5.97. The number of nitrogens with zero attached hydrogens (tertiary/aromatic N) is 3. The number of hydrogen-bond donors (Lipinski definition) is 2. The predicted octanol–water partition coefficient (Wildman–Crippen LogP) is 2.60. The highest BCUT2D eigenvalue weighted by Crippen LogP contribution is 2.45. The summed E-state index contributed by atoms with van der Waals surface area (Å²) in [6, 6.07) is 17.0. The first-order valence-corrected chi connectivity index (χ1v) is 16.7. The maximum Gasteiger partial charge on any atom is 0.356 e. The molecule has 0 spiro atoms. The van der Waals surface area contributed by atoms with Crippen molar-refractivity contribution in [1.29, 1.82) is 0 Å². The lowest BCUT2D eigenvalue weighted by Crippen LogP contribution is -2.71. The number of aromatic nitrogens is 1. The Hall–Kier alpha value is -5.28. The number of carbonyl (C=O) groups excluding carboxylic acids is 3. The lowest BCUT2D eigenvalue weighted by atomic mass is 9.95. The number of carbonyl (C=O) groups is 3. The Kier molecular flexibility index (Phi) is 9.15. The van der Waals surface area contributed by atoms with Crippen LogP contribution in [0, 0.1) is 0 Å². The van der Waals surface area contributed by atoms with E-state index in [0.29, 0.717) is 11.1 Å². The van der Waals surface area contributed by atoms with Crippen molar-refractivity contribution >= 4 is 57.3 Å². The number of oxime groups is 1. The van der Waals surface area contributed by atoms with Crippen molar-refractivity contribution in [2.45, 2.75) is 37.5 Å². The Balaban J connectivity index is 1.37. The molecule has 3 heterocycles. The van der Waals surface area contributed by atoms with Gasteiger partial charge in [-0.05, 0) is 25.0 Å². The van der Waals surface area contributed by atoms with Gasteiger partial charge in [0.15, 0.2) is 22.7 Å². The van der Waals surface area contributed by atoms with Crippen LogP contribution in [0.25, 0.3) is 5.57 Å². The lowest BCUT2D eigenvalue weighted by Gasteiger charge is -2.49. The SMILES string of the molecule is CO/N=C(\C(=O)NC1C(=O)N2C(C(=O)OC(c3ccccc3)c3ccccc3)=C(c3c(OC(C)C)c(=O)c3=O)CS[C@H]12)c1csc(N)n1. The van der Waals surface area contributed by atoms with Gasteiger partial charge in [0.05, 0.1) is 11.7 Å². The van der Waals surface area contributed by atoms with E-state index in [2.05, 4.69) is 15.5 Å². The van der Waals surface area contributed by atoms with Crippen LogP contribution in [0.15, 0.2) is 86.5 Å². The number of thioether (sulfide) groups is 1. The summed E-state index contributed by atoms with van der Waals surface area (Å²) >= 11 is 2.30. The van der Waals surface area contributed by atoms with Gasteiger partial charge in [-0.25, -0.2) is 9.78 Å². The highest BCUT2D eigenvalue weighted by atomic mass is 32.2. The van der Waals surface area contributed by atoms with Crippen molar-refractivity contribution < 1.29 is 28.7 Å². The number of ether oxygens (including phenoxy) is 2. The van der Waals surface area contributed by atoms with Gasteiger partial charge in [0, 0.05) is 16.7 Å². The number of thiazole rings is 1. The molecule has 1 fully saturated rings. The molecule has 0 saturated carbocycles. The molecule has 246 valence electrons. The number of rotatable bonds is 11. The van der Waals surface area contributed by atoms with E-state index in [9.17, 15) is 24.0 Å². The van der Waals surface area contributed by atoms with E-state index in [0.717, 1.165) is 11.3 Å². The van der Waals surface area contributed by atoms with Gasteiger partial charge in [0.2, 0.25) is 5.43 Å². The minimum atomic E-state index is -1.08. The number of hydrogen-bond acceptors (Lipinski definition) is 13. The van der Waals surface area contributed by atoms with Crippen LogP contribution in [0.5, 0.6) is 5.75 Å². The maximum atomic E-state index is 14.3. The van der Waals surface area contributed by atoms with E-state index in [-0.39, 0.29) is 44.9 Å². The number of nitrogen functional groups attached to an aromatic ring is 1. The molecular weight excluding hydrogens is 659 g/mol. The number of benzene rings is 2. The number of nitrogens with two attached hydrogens (primary N) is 1. The number of β-lactam (4-membered cyclic amide) rings is 1. The molecule has 48 heavy (non-hydrogen) atoms. The fourth-order valence-electron chi connectivity index (χ4n) is 5.44. The molecule has 1 saturated heterocycles. The van der Waals surface area contributed by atoms with Gasteiger partial charge in [-0.2, -0.15) is 0 Å². The second-order valence-electron chi connectivity index (χ2n) is 11.0. The third-order valence-electron chi connectivity index (χ3n) is 7.56. The van der Waals surface area contributed by atoms with Gasteiger partial charge in [-0.15, -0.1) is 23.1 Å². The molecule has 3 aromatic carbocycles. The first-order chi connectivity index (χ1) is 23.1. The monoisotopic (exact) mass is 687 g/mol. The first kappa shape index (κ1) is 32.7. The highest BCUT2D eigenvalue weighted by molar-refractivity contribution is 8.00. The molecule has 2 aliphatic rings. The first-order valence-electron chi connectivity index (χ1n) is 14.7. The Bertz CT molecular complexity index is 1980. The Morgan fingerprint density at radius 1 is 1.02 bits per heavy atom. The van der Waals surface area contributed by atoms with Crippen molar-refractivity contribution in [3.05, 3.63) is 115 Å². The molecule has 0 aliphatic carbocycles. The largest absolute Gasteiger partial charge is 0.486 e. The normalized spacial score (nSPS) is 17.7. The van der Waals surface area contributed by atoms with Crippen molar-refractivity contribution in [1.82, 2.24) is 15.2 Å². The molecule has 6 rings (SSSR count). The minimum absolute atomic E-state index is 0.0353. The van der Waals surface area contributed by atoms with Gasteiger partial charge in [0.25, 0.3) is 17.2 Å². The third-order valence-corrected chi connectivity index (χ3v) is 9.52. The molecule has 0 bridgehead atoms.